The van der Waals surface area contributed by atoms with Gasteiger partial charge in [-0.2, -0.15) is 0 Å². The molecular weight excluding hydrogens is 267 g/mol. The van der Waals surface area contributed by atoms with E-state index < -0.39 is 17.7 Å². The molecule has 0 saturated carbocycles. The van der Waals surface area contributed by atoms with Gasteiger partial charge in [0.15, 0.2) is 6.10 Å². The fourth-order valence-corrected chi connectivity index (χ4v) is 1.84. The molecule has 0 aliphatic heterocycles. The van der Waals surface area contributed by atoms with Gasteiger partial charge in [-0.05, 0) is 26.0 Å². The van der Waals surface area contributed by atoms with E-state index in [9.17, 15) is 14.3 Å². The van der Waals surface area contributed by atoms with Gasteiger partial charge in [-0.25, -0.2) is 9.18 Å². The maximum absolute atomic E-state index is 14.2. The number of esters is 1. The molecule has 112 valence electrons. The molecule has 6 heteroatoms. The fourth-order valence-electron chi connectivity index (χ4n) is 1.84. The molecular formula is C14H19FO5. The van der Waals surface area contributed by atoms with Crippen molar-refractivity contribution in [1.29, 1.82) is 0 Å². The number of alkyl halides is 1. The largest absolute Gasteiger partial charge is 0.496 e. The Kier molecular flexibility index (Phi) is 4.94. The summed E-state index contributed by atoms with van der Waals surface area (Å²) >= 11 is 0. The monoisotopic (exact) mass is 286 g/mol. The van der Waals surface area contributed by atoms with Crippen molar-refractivity contribution in [3.63, 3.8) is 0 Å². The second kappa shape index (κ2) is 6.09. The molecule has 1 rings (SSSR count). The van der Waals surface area contributed by atoms with Crippen LogP contribution < -0.4 is 9.47 Å². The highest BCUT2D eigenvalue weighted by Crippen LogP contribution is 2.39. The molecule has 0 amide bonds. The molecule has 1 atom stereocenters. The minimum atomic E-state index is -1.66. The van der Waals surface area contributed by atoms with E-state index in [0.717, 1.165) is 7.11 Å². The molecule has 0 saturated heterocycles. The van der Waals surface area contributed by atoms with Crippen LogP contribution in [0.4, 0.5) is 4.39 Å². The molecule has 20 heavy (non-hydrogen) atoms. The standard InChI is InChI=1S/C14H19FO5/c1-14(2,15)9-7-10(18-3)8(6-11(9)19-4)12(16)13(17)20-5/h6-7,12,16H,1-5H3. The highest BCUT2D eigenvalue weighted by Gasteiger charge is 2.29. The summed E-state index contributed by atoms with van der Waals surface area (Å²) in [4.78, 5) is 11.4. The van der Waals surface area contributed by atoms with Gasteiger partial charge in [0.25, 0.3) is 0 Å². The van der Waals surface area contributed by atoms with Crippen molar-refractivity contribution in [2.75, 3.05) is 21.3 Å². The van der Waals surface area contributed by atoms with E-state index in [1.54, 1.807) is 0 Å². The van der Waals surface area contributed by atoms with Crippen molar-refractivity contribution in [1.82, 2.24) is 0 Å². The van der Waals surface area contributed by atoms with Gasteiger partial charge in [0.1, 0.15) is 17.2 Å². The first-order valence-electron chi connectivity index (χ1n) is 5.97. The third-order valence-electron chi connectivity index (χ3n) is 2.91. The number of hydrogen-bond acceptors (Lipinski definition) is 5. The Bertz CT molecular complexity index is 493. The minimum Gasteiger partial charge on any atom is -0.496 e. The zero-order valence-corrected chi connectivity index (χ0v) is 12.2. The van der Waals surface area contributed by atoms with Crippen LogP contribution in [0.25, 0.3) is 0 Å². The zero-order chi connectivity index (χ0) is 15.5. The SMILES string of the molecule is COC(=O)C(O)c1cc(OC)c(C(C)(C)F)cc1OC. The average Bonchev–Trinajstić information content (AvgIpc) is 2.42. The molecule has 1 aromatic rings. The predicted molar refractivity (Wildman–Crippen MR) is 70.7 cm³/mol. The lowest BCUT2D eigenvalue weighted by molar-refractivity contribution is -0.150. The van der Waals surface area contributed by atoms with E-state index in [4.69, 9.17) is 9.47 Å². The normalized spacial score (nSPS) is 12.8. The number of hydrogen-bond donors (Lipinski definition) is 1. The summed E-state index contributed by atoms with van der Waals surface area (Å²) in [5.41, 5.74) is -1.24. The summed E-state index contributed by atoms with van der Waals surface area (Å²) in [7, 11) is 3.91. The Morgan fingerprint density at radius 3 is 2.15 bits per heavy atom. The quantitative estimate of drug-likeness (QED) is 0.840. The van der Waals surface area contributed by atoms with Gasteiger partial charge in [0.05, 0.1) is 21.3 Å². The van der Waals surface area contributed by atoms with Crippen LogP contribution in [-0.2, 0) is 15.2 Å². The van der Waals surface area contributed by atoms with Crippen LogP contribution in [-0.4, -0.2) is 32.4 Å². The molecule has 0 aliphatic rings. The van der Waals surface area contributed by atoms with Gasteiger partial charge in [0, 0.05) is 11.1 Å². The molecule has 1 unspecified atom stereocenters. The fraction of sp³-hybridized carbons (Fsp3) is 0.500. The van der Waals surface area contributed by atoms with Crippen LogP contribution in [0.3, 0.4) is 0 Å². The van der Waals surface area contributed by atoms with Crippen molar-refractivity contribution in [2.24, 2.45) is 0 Å². The van der Waals surface area contributed by atoms with Crippen LogP contribution >= 0.6 is 0 Å². The third-order valence-corrected chi connectivity index (χ3v) is 2.91. The molecule has 0 aliphatic carbocycles. The number of methoxy groups -OCH3 is 3. The number of aliphatic hydroxyl groups is 1. The lowest BCUT2D eigenvalue weighted by Crippen LogP contribution is -2.17. The third kappa shape index (κ3) is 3.19. The Hall–Kier alpha value is -1.82. The first kappa shape index (κ1) is 16.2. The van der Waals surface area contributed by atoms with Crippen LogP contribution in [0, 0.1) is 0 Å². The molecule has 0 aromatic heterocycles. The summed E-state index contributed by atoms with van der Waals surface area (Å²) in [6.07, 6.45) is -1.53. The number of carbonyl (C=O) groups is 1. The lowest BCUT2D eigenvalue weighted by atomic mass is 9.95. The van der Waals surface area contributed by atoms with Crippen LogP contribution in [0.1, 0.15) is 31.1 Å². The van der Waals surface area contributed by atoms with E-state index in [1.807, 2.05) is 0 Å². The van der Waals surface area contributed by atoms with Gasteiger partial charge >= 0.3 is 5.97 Å². The van der Waals surface area contributed by atoms with E-state index >= 15 is 0 Å². The topological polar surface area (TPSA) is 65.0 Å². The Morgan fingerprint density at radius 1 is 1.20 bits per heavy atom. The zero-order valence-electron chi connectivity index (χ0n) is 12.2. The van der Waals surface area contributed by atoms with Crippen LogP contribution in [0.5, 0.6) is 11.5 Å². The molecule has 1 aromatic carbocycles. The molecule has 0 fully saturated rings. The van der Waals surface area contributed by atoms with Gasteiger partial charge < -0.3 is 19.3 Å². The number of benzene rings is 1. The molecule has 0 spiro atoms. The summed E-state index contributed by atoms with van der Waals surface area (Å²) in [6.45, 7) is 2.75. The number of carbonyl (C=O) groups excluding carboxylic acids is 1. The molecule has 0 heterocycles. The highest BCUT2D eigenvalue weighted by atomic mass is 19.1. The first-order valence-corrected chi connectivity index (χ1v) is 5.97. The number of rotatable bonds is 5. The van der Waals surface area contributed by atoms with E-state index in [1.165, 1.54) is 40.2 Å². The number of aliphatic hydroxyl groups excluding tert-OH is 1. The van der Waals surface area contributed by atoms with Crippen molar-refractivity contribution < 1.29 is 28.5 Å². The summed E-state index contributed by atoms with van der Waals surface area (Å²) in [6, 6.07) is 2.78. The van der Waals surface area contributed by atoms with E-state index in [-0.39, 0.29) is 22.6 Å². The second-order valence-electron chi connectivity index (χ2n) is 4.69. The van der Waals surface area contributed by atoms with Gasteiger partial charge in [-0.1, -0.05) is 0 Å². The maximum Gasteiger partial charge on any atom is 0.339 e. The smallest absolute Gasteiger partial charge is 0.339 e. The van der Waals surface area contributed by atoms with Crippen LogP contribution in [0.15, 0.2) is 12.1 Å². The summed E-state index contributed by atoms with van der Waals surface area (Å²) < 4.78 is 28.9. The van der Waals surface area contributed by atoms with E-state index in [2.05, 4.69) is 4.74 Å². The average molecular weight is 286 g/mol. The van der Waals surface area contributed by atoms with Gasteiger partial charge in [-0.3, -0.25) is 0 Å². The minimum absolute atomic E-state index is 0.157. The van der Waals surface area contributed by atoms with Crippen LogP contribution in [0.2, 0.25) is 0 Å². The van der Waals surface area contributed by atoms with Crippen molar-refractivity contribution in [2.45, 2.75) is 25.6 Å². The second-order valence-corrected chi connectivity index (χ2v) is 4.69. The van der Waals surface area contributed by atoms with Gasteiger partial charge in [-0.15, -0.1) is 0 Å². The number of ether oxygens (including phenoxy) is 3. The predicted octanol–water partition coefficient (Wildman–Crippen LogP) is 2.11. The molecule has 0 radical (unpaired) electrons. The van der Waals surface area contributed by atoms with Gasteiger partial charge in [0.2, 0.25) is 0 Å². The van der Waals surface area contributed by atoms with Crippen molar-refractivity contribution in [3.05, 3.63) is 23.3 Å². The van der Waals surface area contributed by atoms with Crippen molar-refractivity contribution in [3.8, 4) is 11.5 Å². The molecule has 0 bridgehead atoms. The Labute approximate surface area is 117 Å². The Balaban J connectivity index is 3.44. The molecule has 5 nitrogen and oxygen atoms in total. The summed E-state index contributed by atoms with van der Waals surface area (Å²) in [5.74, 6) is -0.432. The highest BCUT2D eigenvalue weighted by molar-refractivity contribution is 5.77. The first-order chi connectivity index (χ1) is 9.26. The maximum atomic E-state index is 14.2. The van der Waals surface area contributed by atoms with E-state index in [0.29, 0.717) is 0 Å². The summed E-state index contributed by atoms with van der Waals surface area (Å²) in [5, 5.41) is 9.91. The number of halogens is 1. The molecule has 1 N–H and O–H groups in total. The lowest BCUT2D eigenvalue weighted by Gasteiger charge is -2.22. The Morgan fingerprint density at radius 2 is 1.75 bits per heavy atom. The van der Waals surface area contributed by atoms with Crippen molar-refractivity contribution >= 4 is 5.97 Å².